The number of amides is 2. The number of nitrogens with two attached hydrogens (primary N) is 1. The lowest BCUT2D eigenvalue weighted by molar-refractivity contribution is 0.0873. The number of ether oxygens (including phenoxy) is 1. The van der Waals surface area contributed by atoms with Crippen LogP contribution in [0.25, 0.3) is 0 Å². The summed E-state index contributed by atoms with van der Waals surface area (Å²) in [6.07, 6.45) is 3.01. The van der Waals surface area contributed by atoms with E-state index in [1.807, 2.05) is 0 Å². The second-order valence-electron chi connectivity index (χ2n) is 6.57. The zero-order valence-corrected chi connectivity index (χ0v) is 12.2. The van der Waals surface area contributed by atoms with Crippen molar-refractivity contribution in [3.63, 3.8) is 0 Å². The first kappa shape index (κ1) is 13.6. The van der Waals surface area contributed by atoms with Crippen molar-refractivity contribution in [2.75, 3.05) is 13.2 Å². The summed E-state index contributed by atoms with van der Waals surface area (Å²) in [6.45, 7) is 0.911. The highest BCUT2D eigenvalue weighted by Crippen LogP contribution is 2.59. The molecule has 1 aliphatic heterocycles. The molecule has 3 aliphatic rings. The van der Waals surface area contributed by atoms with Gasteiger partial charge in [-0.3, -0.25) is 9.59 Å². The maximum absolute atomic E-state index is 12.3. The van der Waals surface area contributed by atoms with Crippen molar-refractivity contribution in [2.24, 2.45) is 11.1 Å². The number of hydrogen-bond acceptors (Lipinski definition) is 4. The van der Waals surface area contributed by atoms with Gasteiger partial charge in [0.25, 0.3) is 11.8 Å². The Morgan fingerprint density at radius 1 is 1.36 bits per heavy atom. The lowest BCUT2D eigenvalue weighted by Crippen LogP contribution is -2.47. The Kier molecular flexibility index (Phi) is 2.91. The molecule has 0 radical (unpaired) electrons. The molecule has 6 heteroatoms. The van der Waals surface area contributed by atoms with Crippen molar-refractivity contribution in [3.05, 3.63) is 29.3 Å². The number of benzene rings is 1. The second-order valence-corrected chi connectivity index (χ2v) is 6.57. The zero-order chi connectivity index (χ0) is 15.3. The first-order valence-electron chi connectivity index (χ1n) is 7.69. The first-order valence-corrected chi connectivity index (χ1v) is 7.69. The van der Waals surface area contributed by atoms with E-state index >= 15 is 0 Å². The Morgan fingerprint density at radius 3 is 2.86 bits per heavy atom. The Labute approximate surface area is 128 Å². The van der Waals surface area contributed by atoms with Crippen LogP contribution in [0.5, 0.6) is 5.75 Å². The molecule has 2 fully saturated rings. The van der Waals surface area contributed by atoms with Gasteiger partial charge >= 0.3 is 0 Å². The van der Waals surface area contributed by atoms with Gasteiger partial charge in [0.2, 0.25) is 0 Å². The Morgan fingerprint density at radius 2 is 2.14 bits per heavy atom. The van der Waals surface area contributed by atoms with Gasteiger partial charge in [-0.05, 0) is 42.9 Å². The highest BCUT2D eigenvalue weighted by Gasteiger charge is 2.60. The van der Waals surface area contributed by atoms with E-state index in [9.17, 15) is 9.59 Å². The predicted octanol–water partition coefficient (Wildman–Crippen LogP) is 0.418. The van der Waals surface area contributed by atoms with E-state index in [0.29, 0.717) is 41.5 Å². The molecule has 2 saturated carbocycles. The van der Waals surface area contributed by atoms with Gasteiger partial charge in [0.15, 0.2) is 0 Å². The van der Waals surface area contributed by atoms with Crippen LogP contribution in [0.3, 0.4) is 0 Å². The van der Waals surface area contributed by atoms with E-state index in [4.69, 9.17) is 10.5 Å². The van der Waals surface area contributed by atoms with Crippen LogP contribution in [0, 0.1) is 5.41 Å². The van der Waals surface area contributed by atoms with Gasteiger partial charge in [-0.25, -0.2) is 0 Å². The van der Waals surface area contributed by atoms with E-state index < -0.39 is 0 Å². The van der Waals surface area contributed by atoms with Crippen LogP contribution in [0.4, 0.5) is 0 Å². The molecule has 6 nitrogen and oxygen atoms in total. The summed E-state index contributed by atoms with van der Waals surface area (Å²) in [4.78, 5) is 24.3. The lowest BCUT2D eigenvalue weighted by Gasteiger charge is -2.37. The molecule has 116 valence electrons. The van der Waals surface area contributed by atoms with E-state index in [-0.39, 0.29) is 17.9 Å². The molecule has 1 heterocycles. The molecule has 4 N–H and O–H groups in total. The number of nitrogens with one attached hydrogen (secondary N) is 2. The van der Waals surface area contributed by atoms with Crippen molar-refractivity contribution >= 4 is 11.8 Å². The van der Waals surface area contributed by atoms with E-state index in [1.165, 1.54) is 0 Å². The molecule has 1 aromatic carbocycles. The maximum Gasteiger partial charge on any atom is 0.255 e. The standard InChI is InChI=1S/C16H19N3O3/c17-13-8-16(13)6-10(7-16)19-14(20)9-1-2-12-11(5-9)15(21)18-3-4-22-12/h1-2,5,10,13H,3-4,6-8,17H2,(H,18,21)(H,19,20). The summed E-state index contributed by atoms with van der Waals surface area (Å²) in [5, 5.41) is 5.76. The van der Waals surface area contributed by atoms with Crippen molar-refractivity contribution in [3.8, 4) is 5.75 Å². The molecular weight excluding hydrogens is 282 g/mol. The molecule has 1 atom stereocenters. The normalized spacial score (nSPS) is 32.1. The van der Waals surface area contributed by atoms with Gasteiger partial charge in [-0.15, -0.1) is 0 Å². The van der Waals surface area contributed by atoms with Crippen molar-refractivity contribution < 1.29 is 14.3 Å². The Balaban J connectivity index is 1.46. The Bertz CT molecular complexity index is 652. The summed E-state index contributed by atoms with van der Waals surface area (Å²) in [5.41, 5.74) is 7.11. The van der Waals surface area contributed by atoms with E-state index in [2.05, 4.69) is 10.6 Å². The van der Waals surface area contributed by atoms with E-state index in [0.717, 1.165) is 19.3 Å². The number of fused-ring (bicyclic) bond motifs is 1. The highest BCUT2D eigenvalue weighted by atomic mass is 16.5. The quantitative estimate of drug-likeness (QED) is 0.738. The molecule has 1 spiro atoms. The summed E-state index contributed by atoms with van der Waals surface area (Å²) < 4.78 is 5.49. The molecular formula is C16H19N3O3. The topological polar surface area (TPSA) is 93.5 Å². The van der Waals surface area contributed by atoms with Crippen molar-refractivity contribution in [1.82, 2.24) is 10.6 Å². The third-order valence-electron chi connectivity index (χ3n) is 5.03. The van der Waals surface area contributed by atoms with Crippen LogP contribution in [-0.4, -0.2) is 37.0 Å². The molecule has 4 rings (SSSR count). The van der Waals surface area contributed by atoms with Crippen LogP contribution in [0.15, 0.2) is 18.2 Å². The van der Waals surface area contributed by atoms with Gasteiger partial charge in [-0.1, -0.05) is 0 Å². The molecule has 2 amide bonds. The van der Waals surface area contributed by atoms with Crippen molar-refractivity contribution in [2.45, 2.75) is 31.3 Å². The average molecular weight is 301 g/mol. The fraction of sp³-hybridized carbons (Fsp3) is 0.500. The summed E-state index contributed by atoms with van der Waals surface area (Å²) in [7, 11) is 0. The molecule has 1 unspecified atom stereocenters. The number of rotatable bonds is 2. The van der Waals surface area contributed by atoms with Gasteiger partial charge in [0, 0.05) is 17.6 Å². The molecule has 22 heavy (non-hydrogen) atoms. The largest absolute Gasteiger partial charge is 0.491 e. The van der Waals surface area contributed by atoms with Gasteiger partial charge in [0.05, 0.1) is 12.1 Å². The van der Waals surface area contributed by atoms with Crippen LogP contribution in [0.2, 0.25) is 0 Å². The Hall–Kier alpha value is -2.08. The molecule has 0 bridgehead atoms. The van der Waals surface area contributed by atoms with Gasteiger partial charge in [-0.2, -0.15) is 0 Å². The van der Waals surface area contributed by atoms with Gasteiger partial charge in [0.1, 0.15) is 12.4 Å². The summed E-state index contributed by atoms with van der Waals surface area (Å²) in [5.74, 6) is 0.181. The smallest absolute Gasteiger partial charge is 0.255 e. The number of carbonyl (C=O) groups is 2. The molecule has 0 saturated heterocycles. The average Bonchev–Trinajstić information content (AvgIpc) is 3.17. The minimum absolute atomic E-state index is 0.145. The SMILES string of the molecule is NC1CC12CC(NC(=O)c1ccc3c(c1)C(=O)NCCO3)C2. The lowest BCUT2D eigenvalue weighted by atomic mass is 9.76. The van der Waals surface area contributed by atoms with Crippen LogP contribution in [0.1, 0.15) is 40.0 Å². The fourth-order valence-electron chi connectivity index (χ4n) is 3.54. The monoisotopic (exact) mass is 301 g/mol. The molecule has 0 aromatic heterocycles. The minimum atomic E-state index is -0.200. The maximum atomic E-state index is 12.3. The second kappa shape index (κ2) is 4.71. The number of hydrogen-bond donors (Lipinski definition) is 3. The molecule has 1 aromatic rings. The van der Waals surface area contributed by atoms with Crippen molar-refractivity contribution in [1.29, 1.82) is 0 Å². The third-order valence-corrected chi connectivity index (χ3v) is 5.03. The first-order chi connectivity index (χ1) is 10.6. The fourth-order valence-corrected chi connectivity index (χ4v) is 3.54. The third kappa shape index (κ3) is 2.14. The van der Waals surface area contributed by atoms with Gasteiger partial charge < -0.3 is 21.1 Å². The predicted molar refractivity (Wildman–Crippen MR) is 79.8 cm³/mol. The molecule has 2 aliphatic carbocycles. The van der Waals surface area contributed by atoms with E-state index in [1.54, 1.807) is 18.2 Å². The summed E-state index contributed by atoms with van der Waals surface area (Å²) in [6, 6.07) is 5.50. The van der Waals surface area contributed by atoms with Crippen LogP contribution < -0.4 is 21.1 Å². The summed E-state index contributed by atoms with van der Waals surface area (Å²) >= 11 is 0. The van der Waals surface area contributed by atoms with Crippen LogP contribution in [-0.2, 0) is 0 Å². The highest BCUT2D eigenvalue weighted by molar-refractivity contribution is 6.01. The number of carbonyl (C=O) groups excluding carboxylic acids is 2. The van der Waals surface area contributed by atoms with Crippen LogP contribution >= 0.6 is 0 Å². The minimum Gasteiger partial charge on any atom is -0.491 e. The zero-order valence-electron chi connectivity index (χ0n) is 12.2.